The molecule has 31 heavy (non-hydrogen) atoms. The Kier molecular flexibility index (Phi) is 7.28. The summed E-state index contributed by atoms with van der Waals surface area (Å²) in [6, 6.07) is -1.04. The van der Waals surface area contributed by atoms with Gasteiger partial charge in [-0.25, -0.2) is 0 Å². The number of ether oxygens (including phenoxy) is 2. The summed E-state index contributed by atoms with van der Waals surface area (Å²) in [6.07, 6.45) is 3.67. The van der Waals surface area contributed by atoms with Crippen molar-refractivity contribution in [3.05, 3.63) is 25.3 Å². The molecule has 2 amide bonds. The Morgan fingerprint density at radius 3 is 2.71 bits per heavy atom. The number of fused-ring (bicyclic) bond motifs is 1. The van der Waals surface area contributed by atoms with Gasteiger partial charge in [-0.2, -0.15) is 0 Å². The maximum absolute atomic E-state index is 13.7. The molecule has 3 aliphatic heterocycles. The number of β-amino-alcohol motifs (C(OH)–C–C–N with tert-alkyl or cyclic N) is 1. The van der Waals surface area contributed by atoms with Crippen LogP contribution in [0.5, 0.6) is 0 Å². The third-order valence-electron chi connectivity index (χ3n) is 6.43. The van der Waals surface area contributed by atoms with E-state index in [1.54, 1.807) is 17.1 Å². The van der Waals surface area contributed by atoms with Gasteiger partial charge in [0.05, 0.1) is 31.2 Å². The first-order chi connectivity index (χ1) is 14.7. The Morgan fingerprint density at radius 1 is 1.42 bits per heavy atom. The fourth-order valence-corrected chi connectivity index (χ4v) is 6.16. The number of rotatable bonds is 10. The van der Waals surface area contributed by atoms with Gasteiger partial charge in [-0.15, -0.1) is 13.2 Å². The fourth-order valence-electron chi connectivity index (χ4n) is 5.22. The lowest BCUT2D eigenvalue weighted by Crippen LogP contribution is -2.58. The summed E-state index contributed by atoms with van der Waals surface area (Å²) >= 11 is 3.60. The summed E-state index contributed by atoms with van der Waals surface area (Å²) in [7, 11) is 0. The number of amides is 2. The van der Waals surface area contributed by atoms with Crippen LogP contribution < -0.4 is 0 Å². The van der Waals surface area contributed by atoms with Gasteiger partial charge < -0.3 is 24.4 Å². The minimum Gasteiger partial charge on any atom is -0.465 e. The van der Waals surface area contributed by atoms with Crippen molar-refractivity contribution < 1.29 is 29.0 Å². The minimum atomic E-state index is -1.14. The Hall–Kier alpha value is -1.71. The van der Waals surface area contributed by atoms with Crippen molar-refractivity contribution in [2.75, 3.05) is 26.3 Å². The van der Waals surface area contributed by atoms with Crippen LogP contribution in [0.3, 0.4) is 0 Å². The molecule has 0 aromatic carbocycles. The van der Waals surface area contributed by atoms with E-state index in [0.717, 1.165) is 0 Å². The van der Waals surface area contributed by atoms with Crippen molar-refractivity contribution in [1.82, 2.24) is 9.80 Å². The summed E-state index contributed by atoms with van der Waals surface area (Å²) in [6.45, 7) is 11.3. The van der Waals surface area contributed by atoms with E-state index < -0.39 is 35.6 Å². The van der Waals surface area contributed by atoms with Gasteiger partial charge in [-0.3, -0.25) is 14.4 Å². The molecule has 2 bridgehead atoms. The number of nitrogens with zero attached hydrogens (tertiary/aromatic N) is 2. The molecule has 3 saturated heterocycles. The van der Waals surface area contributed by atoms with Crippen LogP contribution in [0, 0.1) is 11.8 Å². The second-order valence-electron chi connectivity index (χ2n) is 8.54. The van der Waals surface area contributed by atoms with Crippen LogP contribution in [0.25, 0.3) is 0 Å². The Bertz CT molecular complexity index is 758. The number of carbonyl (C=O) groups is 3. The molecule has 8 nitrogen and oxygen atoms in total. The normalized spacial score (nSPS) is 33.5. The van der Waals surface area contributed by atoms with Crippen molar-refractivity contribution in [3.8, 4) is 0 Å². The zero-order valence-corrected chi connectivity index (χ0v) is 19.6. The molecule has 6 atom stereocenters. The number of halogens is 1. The van der Waals surface area contributed by atoms with Gasteiger partial charge in [0.15, 0.2) is 0 Å². The SMILES string of the molecule is C=CCCOC(=O)[C@H]1[C@H]2C(=O)N(CCO)C(C(=O)N(CC=C)C(C)C)C23CC(Br)[C@@H]1O3. The largest absolute Gasteiger partial charge is 0.465 e. The van der Waals surface area contributed by atoms with E-state index in [1.807, 2.05) is 13.8 Å². The van der Waals surface area contributed by atoms with Crippen molar-refractivity contribution in [1.29, 1.82) is 0 Å². The molecule has 1 spiro atoms. The molecular weight excluding hydrogens is 468 g/mol. The van der Waals surface area contributed by atoms with Crippen LogP contribution in [-0.2, 0) is 23.9 Å². The van der Waals surface area contributed by atoms with E-state index in [2.05, 4.69) is 29.1 Å². The number of esters is 1. The number of aliphatic hydroxyl groups excluding tert-OH is 1. The van der Waals surface area contributed by atoms with E-state index in [-0.39, 0.29) is 42.4 Å². The summed E-state index contributed by atoms with van der Waals surface area (Å²) in [5, 5.41) is 9.61. The maximum atomic E-state index is 13.7. The number of aliphatic hydroxyl groups is 1. The van der Waals surface area contributed by atoms with E-state index in [1.165, 1.54) is 4.90 Å². The first kappa shape index (κ1) is 23.9. The molecule has 0 saturated carbocycles. The molecule has 0 aromatic rings. The number of hydrogen-bond acceptors (Lipinski definition) is 6. The molecule has 3 aliphatic rings. The first-order valence-electron chi connectivity index (χ1n) is 10.7. The number of carbonyl (C=O) groups excluding carboxylic acids is 3. The van der Waals surface area contributed by atoms with Crippen LogP contribution in [0.4, 0.5) is 0 Å². The molecule has 9 heteroatoms. The first-order valence-corrected chi connectivity index (χ1v) is 11.6. The molecule has 3 fully saturated rings. The highest BCUT2D eigenvalue weighted by molar-refractivity contribution is 9.09. The average Bonchev–Trinajstić information content (AvgIpc) is 3.30. The van der Waals surface area contributed by atoms with E-state index in [9.17, 15) is 19.5 Å². The second kappa shape index (κ2) is 9.42. The van der Waals surface area contributed by atoms with Gasteiger partial charge in [0.2, 0.25) is 11.8 Å². The van der Waals surface area contributed by atoms with Crippen molar-refractivity contribution >= 4 is 33.7 Å². The van der Waals surface area contributed by atoms with E-state index >= 15 is 0 Å². The van der Waals surface area contributed by atoms with Crippen LogP contribution in [0.2, 0.25) is 0 Å². The van der Waals surface area contributed by atoms with Crippen LogP contribution in [-0.4, -0.2) is 87.6 Å². The molecular formula is C22H31BrN2O6. The minimum absolute atomic E-state index is 0.00722. The third-order valence-corrected chi connectivity index (χ3v) is 7.28. The van der Waals surface area contributed by atoms with Gasteiger partial charge in [0.25, 0.3) is 0 Å². The monoisotopic (exact) mass is 498 g/mol. The topological polar surface area (TPSA) is 96.4 Å². The Balaban J connectivity index is 2.00. The number of alkyl halides is 1. The number of likely N-dealkylation sites (tertiary alicyclic amines) is 1. The molecule has 0 aliphatic carbocycles. The summed E-state index contributed by atoms with van der Waals surface area (Å²) < 4.78 is 11.7. The zero-order valence-electron chi connectivity index (χ0n) is 18.0. The van der Waals surface area contributed by atoms with E-state index in [4.69, 9.17) is 9.47 Å². The molecule has 0 radical (unpaired) electrons. The third kappa shape index (κ3) is 3.85. The Morgan fingerprint density at radius 2 is 2.13 bits per heavy atom. The second-order valence-corrected chi connectivity index (χ2v) is 9.71. The summed E-state index contributed by atoms with van der Waals surface area (Å²) in [4.78, 5) is 43.0. The standard InChI is InChI=1S/C22H31BrN2O6/c1-5-7-11-30-21(29)15-16-19(27)25(9-10-26)18(20(28)24(8-6-2)13(3)4)22(16)12-14(23)17(15)31-22/h5-6,13-18,26H,1-2,7-12H2,3-4H3/t14?,15-,16-,17-,18?,22?/m0/s1. The van der Waals surface area contributed by atoms with Crippen molar-refractivity contribution in [3.63, 3.8) is 0 Å². The highest BCUT2D eigenvalue weighted by Gasteiger charge is 2.77. The molecule has 3 unspecified atom stereocenters. The smallest absolute Gasteiger partial charge is 0.312 e. The highest BCUT2D eigenvalue weighted by Crippen LogP contribution is 2.60. The summed E-state index contributed by atoms with van der Waals surface area (Å²) in [5.41, 5.74) is -1.14. The molecule has 0 aromatic heterocycles. The zero-order chi connectivity index (χ0) is 22.9. The average molecular weight is 499 g/mol. The molecule has 172 valence electrons. The quantitative estimate of drug-likeness (QED) is 0.211. The maximum Gasteiger partial charge on any atom is 0.312 e. The van der Waals surface area contributed by atoms with E-state index in [0.29, 0.717) is 19.4 Å². The van der Waals surface area contributed by atoms with Gasteiger partial charge in [-0.1, -0.05) is 28.1 Å². The van der Waals surface area contributed by atoms with Crippen molar-refractivity contribution in [2.24, 2.45) is 11.8 Å². The van der Waals surface area contributed by atoms with Gasteiger partial charge >= 0.3 is 5.97 Å². The lowest BCUT2D eigenvalue weighted by molar-refractivity contribution is -0.155. The predicted octanol–water partition coefficient (Wildman–Crippen LogP) is 1.27. The van der Waals surface area contributed by atoms with Gasteiger partial charge in [-0.05, 0) is 26.7 Å². The number of hydrogen-bond donors (Lipinski definition) is 1. The van der Waals surface area contributed by atoms with Crippen LogP contribution >= 0.6 is 15.9 Å². The highest BCUT2D eigenvalue weighted by atomic mass is 79.9. The van der Waals surface area contributed by atoms with Crippen LogP contribution in [0.15, 0.2) is 25.3 Å². The summed E-state index contributed by atoms with van der Waals surface area (Å²) in [5.74, 6) is -2.73. The lowest BCUT2D eigenvalue weighted by Gasteiger charge is -2.38. The molecule has 3 heterocycles. The molecule has 1 N–H and O–H groups in total. The predicted molar refractivity (Wildman–Crippen MR) is 117 cm³/mol. The van der Waals surface area contributed by atoms with Gasteiger partial charge in [0.1, 0.15) is 11.6 Å². The lowest BCUT2D eigenvalue weighted by atomic mass is 9.70. The van der Waals surface area contributed by atoms with Crippen LogP contribution in [0.1, 0.15) is 26.7 Å². The Labute approximate surface area is 191 Å². The van der Waals surface area contributed by atoms with Gasteiger partial charge in [0, 0.05) is 24.0 Å². The fraction of sp³-hybridized carbons (Fsp3) is 0.682. The molecule has 3 rings (SSSR count). The van der Waals surface area contributed by atoms with Crippen molar-refractivity contribution in [2.45, 2.75) is 55.3 Å².